The van der Waals surface area contributed by atoms with Gasteiger partial charge in [-0.15, -0.1) is 11.3 Å². The van der Waals surface area contributed by atoms with Crippen molar-refractivity contribution in [1.29, 1.82) is 0 Å². The van der Waals surface area contributed by atoms with Crippen LogP contribution in [0.2, 0.25) is 5.02 Å². The highest BCUT2D eigenvalue weighted by molar-refractivity contribution is 7.98. The number of thiazole rings is 1. The standard InChI is InChI=1S/C25H18ClN3OS2/c1-16-11-12-19(13-21(16)26)29-24(30)20-9-5-6-10-22(20)28-25(29)32-15-18-14-31-23(27-18)17-7-3-2-4-8-17/h2-14H,15H2,1H3. The normalized spacial score (nSPS) is 11.2. The summed E-state index contributed by atoms with van der Waals surface area (Å²) in [5.41, 5.74) is 4.29. The van der Waals surface area contributed by atoms with Gasteiger partial charge in [0.1, 0.15) is 5.01 Å². The summed E-state index contributed by atoms with van der Waals surface area (Å²) < 4.78 is 1.64. The van der Waals surface area contributed by atoms with Crippen molar-refractivity contribution in [3.63, 3.8) is 0 Å². The van der Waals surface area contributed by atoms with Crippen LogP contribution in [0.4, 0.5) is 0 Å². The lowest BCUT2D eigenvalue weighted by atomic mass is 10.2. The van der Waals surface area contributed by atoms with Gasteiger partial charge >= 0.3 is 0 Å². The Kier molecular flexibility index (Phi) is 5.83. The van der Waals surface area contributed by atoms with Gasteiger partial charge in [0.05, 0.1) is 22.3 Å². The summed E-state index contributed by atoms with van der Waals surface area (Å²) in [5, 5.41) is 4.85. The second-order valence-electron chi connectivity index (χ2n) is 7.28. The Labute approximate surface area is 198 Å². The number of fused-ring (bicyclic) bond motifs is 1. The Bertz CT molecular complexity index is 1480. The lowest BCUT2D eigenvalue weighted by molar-refractivity contribution is 0.819. The monoisotopic (exact) mass is 475 g/mol. The van der Waals surface area contributed by atoms with Gasteiger partial charge in [-0.3, -0.25) is 9.36 Å². The van der Waals surface area contributed by atoms with Crippen molar-refractivity contribution in [2.45, 2.75) is 17.8 Å². The third-order valence-electron chi connectivity index (χ3n) is 5.08. The van der Waals surface area contributed by atoms with Crippen LogP contribution in [0.25, 0.3) is 27.2 Å². The van der Waals surface area contributed by atoms with Crippen molar-refractivity contribution in [3.05, 3.63) is 105 Å². The first kappa shape index (κ1) is 20.9. The summed E-state index contributed by atoms with van der Waals surface area (Å²) in [6, 6.07) is 23.2. The van der Waals surface area contributed by atoms with E-state index in [1.807, 2.05) is 61.5 Å². The van der Waals surface area contributed by atoms with Gasteiger partial charge in [-0.1, -0.05) is 71.9 Å². The van der Waals surface area contributed by atoms with Crippen LogP contribution in [-0.4, -0.2) is 14.5 Å². The van der Waals surface area contributed by atoms with Gasteiger partial charge in [0.25, 0.3) is 5.56 Å². The zero-order valence-electron chi connectivity index (χ0n) is 17.2. The molecule has 0 atom stereocenters. The molecule has 0 bridgehead atoms. The predicted molar refractivity (Wildman–Crippen MR) is 134 cm³/mol. The molecule has 158 valence electrons. The number of aromatic nitrogens is 3. The molecule has 4 nitrogen and oxygen atoms in total. The van der Waals surface area contributed by atoms with Crippen LogP contribution >= 0.6 is 34.7 Å². The largest absolute Gasteiger partial charge is 0.268 e. The molecule has 0 amide bonds. The number of aryl methyl sites for hydroxylation is 1. The Balaban J connectivity index is 1.54. The van der Waals surface area contributed by atoms with E-state index in [9.17, 15) is 4.79 Å². The molecule has 0 aliphatic carbocycles. The number of nitrogens with zero attached hydrogens (tertiary/aromatic N) is 3. The lowest BCUT2D eigenvalue weighted by Gasteiger charge is -2.13. The van der Waals surface area contributed by atoms with E-state index in [0.717, 1.165) is 21.8 Å². The minimum Gasteiger partial charge on any atom is -0.268 e. The fourth-order valence-corrected chi connectivity index (χ4v) is 5.39. The van der Waals surface area contributed by atoms with E-state index in [0.29, 0.717) is 32.5 Å². The molecule has 0 radical (unpaired) electrons. The van der Waals surface area contributed by atoms with Gasteiger partial charge < -0.3 is 0 Å². The molecular formula is C25H18ClN3OS2. The van der Waals surface area contributed by atoms with Crippen LogP contribution in [0.3, 0.4) is 0 Å². The van der Waals surface area contributed by atoms with Crippen molar-refractivity contribution >= 4 is 45.6 Å². The van der Waals surface area contributed by atoms with E-state index in [-0.39, 0.29) is 5.56 Å². The Morgan fingerprint density at radius 1 is 1.00 bits per heavy atom. The number of hydrogen-bond donors (Lipinski definition) is 0. The Morgan fingerprint density at radius 2 is 1.78 bits per heavy atom. The Morgan fingerprint density at radius 3 is 2.59 bits per heavy atom. The third-order valence-corrected chi connectivity index (χ3v) is 7.40. The maximum Gasteiger partial charge on any atom is 0.266 e. The number of benzene rings is 3. The van der Waals surface area contributed by atoms with Gasteiger partial charge in [-0.25, -0.2) is 9.97 Å². The van der Waals surface area contributed by atoms with Crippen LogP contribution in [-0.2, 0) is 5.75 Å². The van der Waals surface area contributed by atoms with Gasteiger partial charge in [0, 0.05) is 21.7 Å². The fraction of sp³-hybridized carbons (Fsp3) is 0.0800. The van der Waals surface area contributed by atoms with E-state index in [1.54, 1.807) is 22.0 Å². The highest BCUT2D eigenvalue weighted by Crippen LogP contribution is 2.29. The molecule has 0 aliphatic heterocycles. The maximum absolute atomic E-state index is 13.4. The molecule has 32 heavy (non-hydrogen) atoms. The molecular weight excluding hydrogens is 458 g/mol. The van der Waals surface area contributed by atoms with Crippen molar-refractivity contribution < 1.29 is 0 Å². The third kappa shape index (κ3) is 4.09. The topological polar surface area (TPSA) is 47.8 Å². The molecule has 3 aromatic carbocycles. The first-order valence-corrected chi connectivity index (χ1v) is 12.3. The second kappa shape index (κ2) is 8.90. The highest BCUT2D eigenvalue weighted by Gasteiger charge is 2.15. The average molecular weight is 476 g/mol. The van der Waals surface area contributed by atoms with Crippen LogP contribution in [0.15, 0.2) is 88.1 Å². The number of rotatable bonds is 5. The summed E-state index contributed by atoms with van der Waals surface area (Å²) in [5.74, 6) is 0.605. The van der Waals surface area contributed by atoms with Crippen LogP contribution in [0.5, 0.6) is 0 Å². The average Bonchev–Trinajstić information content (AvgIpc) is 3.30. The fourth-order valence-electron chi connectivity index (χ4n) is 3.38. The van der Waals surface area contributed by atoms with Crippen molar-refractivity contribution in [1.82, 2.24) is 14.5 Å². The van der Waals surface area contributed by atoms with E-state index < -0.39 is 0 Å². The van der Waals surface area contributed by atoms with E-state index in [4.69, 9.17) is 21.6 Å². The number of thioether (sulfide) groups is 1. The quantitative estimate of drug-likeness (QED) is 0.208. The number of halogens is 1. The first-order chi connectivity index (χ1) is 15.6. The summed E-state index contributed by atoms with van der Waals surface area (Å²) >= 11 is 9.48. The first-order valence-electron chi connectivity index (χ1n) is 10.0. The molecule has 0 fully saturated rings. The minimum absolute atomic E-state index is 0.110. The van der Waals surface area contributed by atoms with Gasteiger partial charge in [0.2, 0.25) is 0 Å². The Hall–Kier alpha value is -2.93. The zero-order valence-corrected chi connectivity index (χ0v) is 19.5. The lowest BCUT2D eigenvalue weighted by Crippen LogP contribution is -2.21. The summed E-state index contributed by atoms with van der Waals surface area (Å²) in [6.45, 7) is 1.94. The van der Waals surface area contributed by atoms with Crippen molar-refractivity contribution in [2.24, 2.45) is 0 Å². The van der Waals surface area contributed by atoms with Crippen LogP contribution in [0, 0.1) is 6.92 Å². The second-order valence-corrected chi connectivity index (χ2v) is 9.49. The number of para-hydroxylation sites is 1. The summed E-state index contributed by atoms with van der Waals surface area (Å²) in [6.07, 6.45) is 0. The van der Waals surface area contributed by atoms with E-state index in [2.05, 4.69) is 17.5 Å². The zero-order chi connectivity index (χ0) is 22.1. The molecule has 0 N–H and O–H groups in total. The molecule has 0 saturated carbocycles. The molecule has 5 aromatic rings. The van der Waals surface area contributed by atoms with Gasteiger partial charge in [-0.05, 0) is 36.8 Å². The maximum atomic E-state index is 13.4. The summed E-state index contributed by atoms with van der Waals surface area (Å²) in [4.78, 5) is 23.0. The van der Waals surface area contributed by atoms with E-state index >= 15 is 0 Å². The van der Waals surface area contributed by atoms with Crippen LogP contribution < -0.4 is 5.56 Å². The predicted octanol–water partition coefficient (Wildman–Crippen LogP) is 6.76. The molecule has 0 spiro atoms. The molecule has 0 unspecified atom stereocenters. The smallest absolute Gasteiger partial charge is 0.266 e. The molecule has 2 aromatic heterocycles. The minimum atomic E-state index is -0.110. The van der Waals surface area contributed by atoms with Gasteiger partial charge in [-0.2, -0.15) is 0 Å². The van der Waals surface area contributed by atoms with Crippen molar-refractivity contribution in [2.75, 3.05) is 0 Å². The van der Waals surface area contributed by atoms with Crippen LogP contribution in [0.1, 0.15) is 11.3 Å². The number of hydrogen-bond acceptors (Lipinski definition) is 5. The SMILES string of the molecule is Cc1ccc(-n2c(SCc3csc(-c4ccccc4)n3)nc3ccccc3c2=O)cc1Cl. The summed E-state index contributed by atoms with van der Waals surface area (Å²) in [7, 11) is 0. The molecule has 0 saturated heterocycles. The molecule has 5 rings (SSSR count). The van der Waals surface area contributed by atoms with E-state index in [1.165, 1.54) is 11.8 Å². The molecule has 0 aliphatic rings. The molecule has 7 heteroatoms. The highest BCUT2D eigenvalue weighted by atomic mass is 35.5. The molecule has 2 heterocycles. The van der Waals surface area contributed by atoms with Crippen molar-refractivity contribution in [3.8, 4) is 16.3 Å². The van der Waals surface area contributed by atoms with Gasteiger partial charge in [0.15, 0.2) is 5.16 Å².